The minimum Gasteiger partial charge on any atom is -1.00 e. The summed E-state index contributed by atoms with van der Waals surface area (Å²) in [4.78, 5) is 25.1. The zero-order valence-electron chi connectivity index (χ0n) is 41.8. The van der Waals surface area contributed by atoms with Gasteiger partial charge in [0.05, 0.1) is 40.0 Å². The third kappa shape index (κ3) is 52.6. The van der Waals surface area contributed by atoms with Crippen LogP contribution in [0.1, 0.15) is 284 Å². The molecule has 0 rings (SSSR count). The molecule has 0 aromatic carbocycles. The van der Waals surface area contributed by atoms with E-state index in [1.807, 2.05) is 0 Å². The highest BCUT2D eigenvalue weighted by Gasteiger charge is 2.18. The van der Waals surface area contributed by atoms with Crippen LogP contribution in [0.15, 0.2) is 0 Å². The average molecular weight is 970 g/mol. The highest BCUT2D eigenvalue weighted by molar-refractivity contribution is 5.78. The molecule has 0 saturated heterocycles. The molecule has 0 saturated carbocycles. The fraction of sp³-hybridized carbons (Fsp3) is 0.828. The lowest BCUT2D eigenvalue weighted by Gasteiger charge is -2.29. The molecule has 0 heterocycles. The summed E-state index contributed by atoms with van der Waals surface area (Å²) >= 11 is 0. The summed E-state index contributed by atoms with van der Waals surface area (Å²) in [5.74, 6) is 25.9. The molecule has 0 atom stereocenters. The summed E-state index contributed by atoms with van der Waals surface area (Å²) in [5, 5.41) is 0. The third-order valence-electron chi connectivity index (χ3n) is 12.3. The smallest absolute Gasteiger partial charge is 0.138 e. The van der Waals surface area contributed by atoms with Gasteiger partial charge in [0.25, 0.3) is 0 Å². The number of Topliss-reactive ketones (excluding diaryl/α,β-unsaturated/α-hetero) is 2. The van der Waals surface area contributed by atoms with Crippen LogP contribution < -0.4 is 24.0 Å². The first kappa shape index (κ1) is 62.4. The second-order valence-electron chi connectivity index (χ2n) is 19.0. The number of nitrogens with zero attached hydrogens (tertiary/aromatic N) is 1. The third-order valence-corrected chi connectivity index (χ3v) is 12.3. The van der Waals surface area contributed by atoms with Crippen molar-refractivity contribution in [1.82, 2.24) is 0 Å². The van der Waals surface area contributed by atoms with Crippen LogP contribution in [0, 0.1) is 47.4 Å². The number of quaternary nitrogens is 1. The van der Waals surface area contributed by atoms with Crippen LogP contribution in [0.2, 0.25) is 0 Å². The fourth-order valence-corrected chi connectivity index (χ4v) is 7.88. The summed E-state index contributed by atoms with van der Waals surface area (Å²) < 4.78 is 0.749. The minimum atomic E-state index is 0. The maximum atomic E-state index is 12.5. The predicted molar refractivity (Wildman–Crippen MR) is 268 cm³/mol. The Morgan fingerprint density at radius 1 is 0.306 bits per heavy atom. The molecule has 356 valence electrons. The molecule has 0 radical (unpaired) electrons. The Labute approximate surface area is 405 Å². The first-order chi connectivity index (χ1) is 29.9. The number of carbonyl (C=O) groups is 2. The number of hydrogen-bond donors (Lipinski definition) is 0. The van der Waals surface area contributed by atoms with Crippen molar-refractivity contribution in [2.45, 2.75) is 284 Å². The van der Waals surface area contributed by atoms with Gasteiger partial charge in [0.1, 0.15) is 11.6 Å². The molecule has 0 spiro atoms. The van der Waals surface area contributed by atoms with E-state index < -0.39 is 0 Å². The van der Waals surface area contributed by atoms with Crippen LogP contribution in [0.25, 0.3) is 0 Å². The molecule has 0 bridgehead atoms. The Hall–Kier alpha value is -1.73. The van der Waals surface area contributed by atoms with Crippen molar-refractivity contribution in [1.29, 1.82) is 0 Å². The normalized spacial score (nSPS) is 10.6. The predicted octanol–water partition coefficient (Wildman–Crippen LogP) is 13.6. The van der Waals surface area contributed by atoms with E-state index in [4.69, 9.17) is 0 Å². The largest absolute Gasteiger partial charge is 1.00 e. The Balaban J connectivity index is 0. The summed E-state index contributed by atoms with van der Waals surface area (Å²) in [6.07, 6.45) is 50.6. The molecule has 0 aromatic heterocycles. The van der Waals surface area contributed by atoms with Gasteiger partial charge in [-0.15, -0.1) is 0 Å². The molecule has 3 nitrogen and oxygen atoms in total. The zero-order valence-corrected chi connectivity index (χ0v) is 43.9. The van der Waals surface area contributed by atoms with Crippen LogP contribution in [-0.4, -0.2) is 43.2 Å². The van der Waals surface area contributed by atoms with Gasteiger partial charge < -0.3 is 28.5 Å². The summed E-state index contributed by atoms with van der Waals surface area (Å²) in [6.45, 7) is 6.22. The first-order valence-electron chi connectivity index (χ1n) is 26.7. The number of hydrogen-bond acceptors (Lipinski definition) is 2. The highest BCUT2D eigenvalue weighted by atomic mass is 127. The maximum absolute atomic E-state index is 12.5. The van der Waals surface area contributed by atoms with Crippen molar-refractivity contribution in [3.63, 3.8) is 0 Å². The average Bonchev–Trinajstić information content (AvgIpc) is 3.25. The summed E-state index contributed by atoms with van der Waals surface area (Å²) in [5.41, 5.74) is 0. The molecule has 0 aliphatic carbocycles. The molecule has 0 fully saturated rings. The molecule has 0 aliphatic heterocycles. The fourth-order valence-electron chi connectivity index (χ4n) is 7.88. The number of rotatable bonds is 44. The second kappa shape index (κ2) is 51.9. The molecule has 0 aromatic rings. The minimum absolute atomic E-state index is 0. The molecular weight excluding hydrogens is 870 g/mol. The molecule has 0 unspecified atom stereocenters. The van der Waals surface area contributed by atoms with Crippen molar-refractivity contribution < 1.29 is 38.0 Å². The van der Waals surface area contributed by atoms with Gasteiger partial charge >= 0.3 is 0 Å². The van der Waals surface area contributed by atoms with Crippen LogP contribution in [0.3, 0.4) is 0 Å². The van der Waals surface area contributed by atoms with Crippen LogP contribution in [-0.2, 0) is 9.59 Å². The van der Waals surface area contributed by atoms with E-state index in [0.717, 1.165) is 81.8 Å². The number of unbranched alkanes of at least 4 members (excludes halogenated alkanes) is 34. The first-order valence-corrected chi connectivity index (χ1v) is 26.7. The van der Waals surface area contributed by atoms with Crippen LogP contribution >= 0.6 is 0 Å². The Kier molecular flexibility index (Phi) is 52.2. The van der Waals surface area contributed by atoms with Crippen molar-refractivity contribution in [3.05, 3.63) is 0 Å². The van der Waals surface area contributed by atoms with E-state index in [9.17, 15) is 9.59 Å². The maximum Gasteiger partial charge on any atom is 0.138 e. The number of ketones is 2. The quantitative estimate of drug-likeness (QED) is 0.0264. The number of carbonyl (C=O) groups excluding carboxylic acids is 2. The Morgan fingerprint density at radius 3 is 0.758 bits per heavy atom. The zero-order chi connectivity index (χ0) is 44.4. The van der Waals surface area contributed by atoms with Gasteiger partial charge in [-0.25, -0.2) is 0 Å². The second-order valence-corrected chi connectivity index (χ2v) is 19.0. The molecule has 62 heavy (non-hydrogen) atoms. The molecule has 0 aliphatic rings. The summed E-state index contributed by atoms with van der Waals surface area (Å²) in [7, 11) is 4.32. The van der Waals surface area contributed by atoms with Crippen molar-refractivity contribution >= 4 is 11.6 Å². The Morgan fingerprint density at radius 2 is 0.516 bits per heavy atom. The monoisotopic (exact) mass is 970 g/mol. The van der Waals surface area contributed by atoms with Gasteiger partial charge in [0, 0.05) is 38.5 Å². The van der Waals surface area contributed by atoms with Crippen molar-refractivity contribution in [3.8, 4) is 47.4 Å². The van der Waals surface area contributed by atoms with E-state index >= 15 is 0 Å². The number of halogens is 1. The van der Waals surface area contributed by atoms with E-state index in [0.29, 0.717) is 37.2 Å². The highest BCUT2D eigenvalue weighted by Crippen LogP contribution is 2.15. The molecule has 4 heteroatoms. The Bertz CT molecular complexity index is 1160. The van der Waals surface area contributed by atoms with E-state index in [1.54, 1.807) is 0 Å². The SMILES string of the molecule is CCCCCCCCCCCCCC#CC#CCCCCCCCCC(=O)CC[N+](C)(C)CCC(=O)CCCCCCCCC#CC#CCCCCCCCCCCCCC.[I-]. The van der Waals surface area contributed by atoms with Gasteiger partial charge in [-0.1, -0.05) is 217 Å². The van der Waals surface area contributed by atoms with Gasteiger partial charge in [-0.05, 0) is 62.2 Å². The molecule has 0 N–H and O–H groups in total. The lowest BCUT2D eigenvalue weighted by molar-refractivity contribution is -0.889. The standard InChI is InChI=1S/C58H100NO2.HI/c1-5-7-9-11-13-15-17-19-21-23-25-27-29-31-33-35-37-39-41-43-45-47-49-51-57(60)53-55-59(3,4)56-54-58(61)52-50-48-46-44-42-40-38-36-34-32-30-28-26-24-22-20-18-16-14-12-10-8-6-2;/h5-28,37-56H2,1-4H3;1H/q+1;/p-1. The van der Waals surface area contributed by atoms with Crippen molar-refractivity contribution in [2.24, 2.45) is 0 Å². The lowest BCUT2D eigenvalue weighted by Crippen LogP contribution is -3.00. The summed E-state index contributed by atoms with van der Waals surface area (Å²) in [6, 6.07) is 0. The van der Waals surface area contributed by atoms with E-state index in [2.05, 4.69) is 75.3 Å². The van der Waals surface area contributed by atoms with Gasteiger partial charge in [0.15, 0.2) is 0 Å². The molecular formula is C58H100INO2. The van der Waals surface area contributed by atoms with Crippen molar-refractivity contribution in [2.75, 3.05) is 27.2 Å². The topological polar surface area (TPSA) is 34.1 Å². The van der Waals surface area contributed by atoms with Gasteiger partial charge in [-0.2, -0.15) is 0 Å². The van der Waals surface area contributed by atoms with E-state index in [-0.39, 0.29) is 24.0 Å². The van der Waals surface area contributed by atoms with Crippen LogP contribution in [0.5, 0.6) is 0 Å². The van der Waals surface area contributed by atoms with Crippen LogP contribution in [0.4, 0.5) is 0 Å². The van der Waals surface area contributed by atoms with Gasteiger partial charge in [-0.3, -0.25) is 9.59 Å². The molecule has 0 amide bonds. The van der Waals surface area contributed by atoms with Gasteiger partial charge in [0.2, 0.25) is 0 Å². The van der Waals surface area contributed by atoms with E-state index in [1.165, 1.54) is 180 Å². The lowest BCUT2D eigenvalue weighted by atomic mass is 10.0.